The highest BCUT2D eigenvalue weighted by molar-refractivity contribution is 7.12. The minimum atomic E-state index is 0.121. The van der Waals surface area contributed by atoms with Gasteiger partial charge in [-0.15, -0.1) is 16.4 Å². The highest BCUT2D eigenvalue weighted by atomic mass is 32.1. The zero-order chi connectivity index (χ0) is 13.2. The van der Waals surface area contributed by atoms with Gasteiger partial charge in [0.15, 0.2) is 0 Å². The van der Waals surface area contributed by atoms with E-state index in [0.29, 0.717) is 13.1 Å². The first-order valence-electron chi connectivity index (χ1n) is 6.11. The monoisotopic (exact) mass is 274 g/mol. The van der Waals surface area contributed by atoms with Crippen LogP contribution in [0.4, 0.5) is 5.82 Å². The number of nitrogens with one attached hydrogen (secondary N) is 1. The third-order valence-electron chi connectivity index (χ3n) is 3.03. The van der Waals surface area contributed by atoms with E-state index < -0.39 is 0 Å². The molecule has 3 heterocycles. The van der Waals surface area contributed by atoms with E-state index in [4.69, 9.17) is 0 Å². The number of anilines is 1. The molecule has 0 aliphatic carbocycles. The van der Waals surface area contributed by atoms with E-state index in [9.17, 15) is 4.79 Å². The van der Waals surface area contributed by atoms with Gasteiger partial charge in [0, 0.05) is 19.3 Å². The van der Waals surface area contributed by atoms with Crippen LogP contribution in [-0.2, 0) is 0 Å². The number of thiophene rings is 1. The maximum atomic E-state index is 12.1. The number of hydrogen-bond donors (Lipinski definition) is 1. The van der Waals surface area contributed by atoms with E-state index in [1.807, 2.05) is 35.4 Å². The van der Waals surface area contributed by atoms with Crippen molar-refractivity contribution in [3.63, 3.8) is 0 Å². The molecule has 0 spiro atoms. The molecule has 0 unspecified atom stereocenters. The van der Waals surface area contributed by atoms with Crippen molar-refractivity contribution in [2.45, 2.75) is 13.0 Å². The van der Waals surface area contributed by atoms with E-state index in [0.717, 1.165) is 16.3 Å². The number of aromatic nitrogens is 2. The quantitative estimate of drug-likeness (QED) is 0.927. The molecule has 0 bridgehead atoms. The summed E-state index contributed by atoms with van der Waals surface area (Å²) in [6.07, 6.45) is 1.64. The summed E-state index contributed by atoms with van der Waals surface area (Å²) in [6, 6.07) is 5.92. The van der Waals surface area contributed by atoms with E-state index in [1.54, 1.807) is 6.20 Å². The summed E-state index contributed by atoms with van der Waals surface area (Å²) in [5.74, 6) is 0.877. The molecule has 1 N–H and O–H groups in total. The van der Waals surface area contributed by atoms with Gasteiger partial charge in [-0.1, -0.05) is 0 Å². The molecule has 6 heteroatoms. The van der Waals surface area contributed by atoms with Gasteiger partial charge >= 0.3 is 0 Å². The predicted octanol–water partition coefficient (Wildman–Crippen LogP) is 1.78. The zero-order valence-electron chi connectivity index (χ0n) is 10.5. The molecule has 0 aromatic carbocycles. The largest absolute Gasteiger partial charge is 0.362 e. The minimum Gasteiger partial charge on any atom is -0.362 e. The zero-order valence-corrected chi connectivity index (χ0v) is 11.4. The van der Waals surface area contributed by atoms with Gasteiger partial charge in [-0.3, -0.25) is 4.79 Å². The van der Waals surface area contributed by atoms with Gasteiger partial charge in [-0.2, -0.15) is 5.10 Å². The lowest BCUT2D eigenvalue weighted by Crippen LogP contribution is -2.56. The Balaban J connectivity index is 1.54. The van der Waals surface area contributed by atoms with Crippen LogP contribution in [0.25, 0.3) is 0 Å². The van der Waals surface area contributed by atoms with Crippen molar-refractivity contribution in [3.05, 3.63) is 40.2 Å². The molecular weight excluding hydrogens is 260 g/mol. The highest BCUT2D eigenvalue weighted by Gasteiger charge is 2.31. The molecule has 0 saturated carbocycles. The molecule has 3 rings (SSSR count). The van der Waals surface area contributed by atoms with Crippen molar-refractivity contribution in [3.8, 4) is 0 Å². The second kappa shape index (κ2) is 4.97. The number of rotatable bonds is 3. The Morgan fingerprint density at radius 2 is 2.37 bits per heavy atom. The molecule has 2 aromatic heterocycles. The lowest BCUT2D eigenvalue weighted by molar-refractivity contribution is 0.0630. The number of aryl methyl sites for hydroxylation is 1. The smallest absolute Gasteiger partial charge is 0.264 e. The summed E-state index contributed by atoms with van der Waals surface area (Å²) in [5, 5.41) is 13.0. The Morgan fingerprint density at radius 3 is 3.00 bits per heavy atom. The Morgan fingerprint density at radius 1 is 1.53 bits per heavy atom. The van der Waals surface area contributed by atoms with Gasteiger partial charge in [0.1, 0.15) is 5.82 Å². The fraction of sp³-hybridized carbons (Fsp3) is 0.308. The van der Waals surface area contributed by atoms with Gasteiger partial charge in [-0.05, 0) is 36.1 Å². The second-order valence-corrected chi connectivity index (χ2v) is 5.56. The lowest BCUT2D eigenvalue weighted by Gasteiger charge is -2.39. The van der Waals surface area contributed by atoms with Crippen LogP contribution >= 0.6 is 11.3 Å². The molecule has 1 fully saturated rings. The number of nitrogens with zero attached hydrogens (tertiary/aromatic N) is 3. The molecular formula is C13H14N4OS. The molecule has 1 saturated heterocycles. The maximum Gasteiger partial charge on any atom is 0.264 e. The van der Waals surface area contributed by atoms with Gasteiger partial charge in [0.05, 0.1) is 10.9 Å². The number of likely N-dealkylation sites (tertiary alicyclic amines) is 1. The van der Waals surface area contributed by atoms with Crippen LogP contribution in [0.3, 0.4) is 0 Å². The fourth-order valence-electron chi connectivity index (χ4n) is 2.02. The standard InChI is InChI=1S/C13H14N4OS/c1-9-5-11(19-8-9)13(18)17-6-10(7-17)15-12-3-2-4-14-16-12/h2-5,8,10H,6-7H2,1H3,(H,15,16). The molecule has 1 aliphatic heterocycles. The van der Waals surface area contributed by atoms with Crippen LogP contribution in [0.5, 0.6) is 0 Å². The molecule has 2 aromatic rings. The van der Waals surface area contributed by atoms with Crippen LogP contribution in [-0.4, -0.2) is 40.1 Å². The summed E-state index contributed by atoms with van der Waals surface area (Å²) in [7, 11) is 0. The van der Waals surface area contributed by atoms with Crippen LogP contribution in [0, 0.1) is 6.92 Å². The van der Waals surface area contributed by atoms with E-state index in [2.05, 4.69) is 15.5 Å². The third-order valence-corrected chi connectivity index (χ3v) is 4.07. The number of carbonyl (C=O) groups excluding carboxylic acids is 1. The Labute approximate surface area is 115 Å². The summed E-state index contributed by atoms with van der Waals surface area (Å²) in [5.41, 5.74) is 1.14. The summed E-state index contributed by atoms with van der Waals surface area (Å²) >= 11 is 1.51. The molecule has 5 nitrogen and oxygen atoms in total. The van der Waals surface area contributed by atoms with E-state index in [1.165, 1.54) is 11.3 Å². The van der Waals surface area contributed by atoms with Crippen LogP contribution in [0.1, 0.15) is 15.2 Å². The normalized spacial score (nSPS) is 15.1. The summed E-state index contributed by atoms with van der Waals surface area (Å²) < 4.78 is 0. The van der Waals surface area contributed by atoms with Crippen molar-refractivity contribution in [1.82, 2.24) is 15.1 Å². The van der Waals surface area contributed by atoms with E-state index in [-0.39, 0.29) is 11.9 Å². The number of amides is 1. The highest BCUT2D eigenvalue weighted by Crippen LogP contribution is 2.20. The SMILES string of the molecule is Cc1csc(C(=O)N2CC(Nc3cccnn3)C2)c1. The van der Waals surface area contributed by atoms with Crippen LogP contribution in [0.2, 0.25) is 0 Å². The topological polar surface area (TPSA) is 58.1 Å². The van der Waals surface area contributed by atoms with Gasteiger partial charge < -0.3 is 10.2 Å². The van der Waals surface area contributed by atoms with Crippen molar-refractivity contribution < 1.29 is 4.79 Å². The third kappa shape index (κ3) is 2.58. The molecule has 19 heavy (non-hydrogen) atoms. The van der Waals surface area contributed by atoms with E-state index >= 15 is 0 Å². The molecule has 98 valence electrons. The first-order valence-corrected chi connectivity index (χ1v) is 6.99. The van der Waals surface area contributed by atoms with Crippen LogP contribution < -0.4 is 5.32 Å². The lowest BCUT2D eigenvalue weighted by atomic mass is 10.1. The minimum absolute atomic E-state index is 0.121. The van der Waals surface area contributed by atoms with Crippen molar-refractivity contribution >= 4 is 23.1 Å². The molecule has 0 radical (unpaired) electrons. The van der Waals surface area contributed by atoms with Crippen LogP contribution in [0.15, 0.2) is 29.8 Å². The first kappa shape index (κ1) is 12.1. The molecule has 0 atom stereocenters. The summed E-state index contributed by atoms with van der Waals surface area (Å²) in [4.78, 5) is 14.8. The predicted molar refractivity (Wildman–Crippen MR) is 74.4 cm³/mol. The second-order valence-electron chi connectivity index (χ2n) is 4.65. The first-order chi connectivity index (χ1) is 9.22. The van der Waals surface area contributed by atoms with Gasteiger partial charge in [0.2, 0.25) is 0 Å². The Kier molecular flexibility index (Phi) is 3.16. The van der Waals surface area contributed by atoms with Crippen molar-refractivity contribution in [1.29, 1.82) is 0 Å². The number of hydrogen-bond acceptors (Lipinski definition) is 5. The summed E-state index contributed by atoms with van der Waals surface area (Å²) in [6.45, 7) is 3.43. The van der Waals surface area contributed by atoms with Gasteiger partial charge in [0.25, 0.3) is 5.91 Å². The van der Waals surface area contributed by atoms with Crippen molar-refractivity contribution in [2.75, 3.05) is 18.4 Å². The fourth-order valence-corrected chi connectivity index (χ4v) is 2.89. The maximum absolute atomic E-state index is 12.1. The average Bonchev–Trinajstić information content (AvgIpc) is 2.80. The molecule has 1 amide bonds. The van der Waals surface area contributed by atoms with Gasteiger partial charge in [-0.25, -0.2) is 0 Å². The van der Waals surface area contributed by atoms with Crippen molar-refractivity contribution in [2.24, 2.45) is 0 Å². The number of carbonyl (C=O) groups is 1. The Hall–Kier alpha value is -1.95. The average molecular weight is 274 g/mol. The molecule has 1 aliphatic rings. The Bertz CT molecular complexity index is 577.